The summed E-state index contributed by atoms with van der Waals surface area (Å²) in [6, 6.07) is 8.26. The number of hydrogen-bond donors (Lipinski definition) is 1. The van der Waals surface area contributed by atoms with Crippen LogP contribution in [0.3, 0.4) is 0 Å². The monoisotopic (exact) mass is 270 g/mol. The van der Waals surface area contributed by atoms with Crippen LogP contribution >= 0.6 is 11.6 Å². The predicted octanol–water partition coefficient (Wildman–Crippen LogP) is 3.90. The van der Waals surface area contributed by atoms with Crippen LogP contribution in [0.1, 0.15) is 5.56 Å². The van der Waals surface area contributed by atoms with E-state index >= 15 is 0 Å². The van der Waals surface area contributed by atoms with Crippen molar-refractivity contribution >= 4 is 11.6 Å². The SMILES string of the molecule is OCc1cccc(F)c1Oc1cccc(Cl)c1F. The van der Waals surface area contributed by atoms with E-state index in [0.717, 1.165) is 6.07 Å². The second kappa shape index (κ2) is 5.33. The van der Waals surface area contributed by atoms with E-state index in [9.17, 15) is 8.78 Å². The minimum absolute atomic E-state index is 0.116. The van der Waals surface area contributed by atoms with Gasteiger partial charge in [-0.15, -0.1) is 0 Å². The maximum Gasteiger partial charge on any atom is 0.184 e. The van der Waals surface area contributed by atoms with E-state index in [2.05, 4.69) is 0 Å². The fraction of sp³-hybridized carbons (Fsp3) is 0.0769. The number of halogens is 3. The molecule has 0 atom stereocenters. The van der Waals surface area contributed by atoms with Crippen LogP contribution in [0, 0.1) is 11.6 Å². The highest BCUT2D eigenvalue weighted by atomic mass is 35.5. The lowest BCUT2D eigenvalue weighted by Gasteiger charge is -2.11. The minimum atomic E-state index is -0.772. The van der Waals surface area contributed by atoms with Crippen molar-refractivity contribution in [2.24, 2.45) is 0 Å². The fourth-order valence-electron chi connectivity index (χ4n) is 1.47. The minimum Gasteiger partial charge on any atom is -0.451 e. The Balaban J connectivity index is 2.43. The van der Waals surface area contributed by atoms with E-state index in [4.69, 9.17) is 21.4 Å². The molecule has 2 aromatic carbocycles. The molecule has 0 aromatic heterocycles. The molecule has 0 bridgehead atoms. The molecule has 0 aliphatic heterocycles. The lowest BCUT2D eigenvalue weighted by atomic mass is 10.2. The van der Waals surface area contributed by atoms with E-state index in [1.54, 1.807) is 0 Å². The molecular weight excluding hydrogens is 262 g/mol. The van der Waals surface area contributed by atoms with Crippen molar-refractivity contribution in [2.45, 2.75) is 6.61 Å². The van der Waals surface area contributed by atoms with Crippen LogP contribution in [0.25, 0.3) is 0 Å². The highest BCUT2D eigenvalue weighted by molar-refractivity contribution is 6.30. The summed E-state index contributed by atoms with van der Waals surface area (Å²) >= 11 is 5.60. The summed E-state index contributed by atoms with van der Waals surface area (Å²) in [4.78, 5) is 0. The third kappa shape index (κ3) is 2.44. The molecule has 1 N–H and O–H groups in total. The Morgan fingerprint density at radius 3 is 2.56 bits per heavy atom. The Hall–Kier alpha value is -1.65. The first-order valence-electron chi connectivity index (χ1n) is 5.13. The summed E-state index contributed by atoms with van der Waals surface area (Å²) in [6.45, 7) is -0.407. The lowest BCUT2D eigenvalue weighted by molar-refractivity contribution is 0.273. The van der Waals surface area contributed by atoms with Crippen LogP contribution in [0.5, 0.6) is 11.5 Å². The average molecular weight is 271 g/mol. The smallest absolute Gasteiger partial charge is 0.184 e. The standard InChI is InChI=1S/C13H9ClF2O2/c14-9-4-2-6-11(12(9)16)18-13-8(7-17)3-1-5-10(13)15/h1-6,17H,7H2. The van der Waals surface area contributed by atoms with Gasteiger partial charge in [0.15, 0.2) is 23.1 Å². The molecule has 0 saturated carbocycles. The predicted molar refractivity (Wildman–Crippen MR) is 63.8 cm³/mol. The van der Waals surface area contributed by atoms with Crippen molar-refractivity contribution in [3.05, 3.63) is 58.6 Å². The number of benzene rings is 2. The first-order chi connectivity index (χ1) is 8.63. The highest BCUT2D eigenvalue weighted by Crippen LogP contribution is 2.32. The van der Waals surface area contributed by atoms with Gasteiger partial charge in [-0.25, -0.2) is 8.78 Å². The first kappa shape index (κ1) is 12.8. The Kier molecular flexibility index (Phi) is 3.79. The Labute approximate surface area is 107 Å². The Morgan fingerprint density at radius 1 is 1.11 bits per heavy atom. The summed E-state index contributed by atoms with van der Waals surface area (Å²) in [5.74, 6) is -1.85. The van der Waals surface area contributed by atoms with Gasteiger partial charge in [0.2, 0.25) is 0 Å². The summed E-state index contributed by atoms with van der Waals surface area (Å²) in [6.07, 6.45) is 0. The van der Waals surface area contributed by atoms with Crippen molar-refractivity contribution in [1.29, 1.82) is 0 Å². The molecule has 0 aliphatic carbocycles. The van der Waals surface area contributed by atoms with Crippen LogP contribution in [0.2, 0.25) is 5.02 Å². The maximum atomic E-state index is 13.6. The summed E-state index contributed by atoms with van der Waals surface area (Å²) in [7, 11) is 0. The second-order valence-electron chi connectivity index (χ2n) is 3.54. The molecule has 0 spiro atoms. The van der Waals surface area contributed by atoms with Crippen molar-refractivity contribution in [2.75, 3.05) is 0 Å². The lowest BCUT2D eigenvalue weighted by Crippen LogP contribution is -1.96. The fourth-order valence-corrected chi connectivity index (χ4v) is 1.63. The van der Waals surface area contributed by atoms with Gasteiger partial charge in [-0.3, -0.25) is 0 Å². The molecule has 0 heterocycles. The zero-order valence-electron chi connectivity index (χ0n) is 9.16. The van der Waals surface area contributed by atoms with Gasteiger partial charge in [-0.1, -0.05) is 29.8 Å². The molecular formula is C13H9ClF2O2. The molecule has 5 heteroatoms. The molecule has 2 rings (SSSR count). The van der Waals surface area contributed by atoms with Crippen molar-refractivity contribution in [3.8, 4) is 11.5 Å². The quantitative estimate of drug-likeness (QED) is 0.916. The van der Waals surface area contributed by atoms with E-state index in [-0.39, 0.29) is 22.1 Å². The van der Waals surface area contributed by atoms with Gasteiger partial charge >= 0.3 is 0 Å². The summed E-state index contributed by atoms with van der Waals surface area (Å²) in [5.41, 5.74) is 0.231. The van der Waals surface area contributed by atoms with Gasteiger partial charge < -0.3 is 9.84 Å². The van der Waals surface area contributed by atoms with Crippen LogP contribution in [0.15, 0.2) is 36.4 Å². The van der Waals surface area contributed by atoms with Crippen LogP contribution in [-0.4, -0.2) is 5.11 Å². The molecule has 0 saturated heterocycles. The van der Waals surface area contributed by atoms with E-state index in [1.165, 1.54) is 30.3 Å². The molecule has 0 aliphatic rings. The molecule has 2 aromatic rings. The molecule has 18 heavy (non-hydrogen) atoms. The Morgan fingerprint density at radius 2 is 1.83 bits per heavy atom. The number of ether oxygens (including phenoxy) is 1. The average Bonchev–Trinajstić information content (AvgIpc) is 2.37. The van der Waals surface area contributed by atoms with Crippen molar-refractivity contribution < 1.29 is 18.6 Å². The van der Waals surface area contributed by atoms with Gasteiger partial charge in [-0.2, -0.15) is 0 Å². The van der Waals surface area contributed by atoms with Crippen LogP contribution < -0.4 is 4.74 Å². The molecule has 2 nitrogen and oxygen atoms in total. The van der Waals surface area contributed by atoms with Gasteiger partial charge in [-0.05, 0) is 18.2 Å². The summed E-state index contributed by atoms with van der Waals surface area (Å²) in [5, 5.41) is 8.96. The number of para-hydroxylation sites is 1. The van der Waals surface area contributed by atoms with E-state index in [1.807, 2.05) is 0 Å². The molecule has 0 radical (unpaired) electrons. The number of aliphatic hydroxyl groups excluding tert-OH is 1. The number of hydrogen-bond acceptors (Lipinski definition) is 2. The third-order valence-electron chi connectivity index (χ3n) is 2.35. The van der Waals surface area contributed by atoms with Gasteiger partial charge in [0.05, 0.1) is 11.6 Å². The van der Waals surface area contributed by atoms with Gasteiger partial charge in [0.1, 0.15) is 0 Å². The molecule has 0 amide bonds. The highest BCUT2D eigenvalue weighted by Gasteiger charge is 2.14. The summed E-state index contributed by atoms with van der Waals surface area (Å²) < 4.78 is 32.3. The van der Waals surface area contributed by atoms with E-state index in [0.29, 0.717) is 0 Å². The van der Waals surface area contributed by atoms with Gasteiger partial charge in [0, 0.05) is 5.56 Å². The van der Waals surface area contributed by atoms with Crippen LogP contribution in [-0.2, 0) is 6.61 Å². The molecule has 94 valence electrons. The van der Waals surface area contributed by atoms with Crippen molar-refractivity contribution in [1.82, 2.24) is 0 Å². The van der Waals surface area contributed by atoms with Crippen molar-refractivity contribution in [3.63, 3.8) is 0 Å². The molecule has 0 fully saturated rings. The van der Waals surface area contributed by atoms with Gasteiger partial charge in [0.25, 0.3) is 0 Å². The largest absolute Gasteiger partial charge is 0.451 e. The topological polar surface area (TPSA) is 29.5 Å². The normalized spacial score (nSPS) is 10.4. The second-order valence-corrected chi connectivity index (χ2v) is 3.95. The maximum absolute atomic E-state index is 13.6. The van der Waals surface area contributed by atoms with E-state index < -0.39 is 18.2 Å². The first-order valence-corrected chi connectivity index (χ1v) is 5.51. The number of rotatable bonds is 3. The van der Waals surface area contributed by atoms with Crippen LogP contribution in [0.4, 0.5) is 8.78 Å². The molecule has 0 unspecified atom stereocenters. The zero-order valence-corrected chi connectivity index (χ0v) is 9.92. The Bertz CT molecular complexity index is 573. The third-order valence-corrected chi connectivity index (χ3v) is 2.64. The zero-order chi connectivity index (χ0) is 13.1. The number of aliphatic hydroxyl groups is 1.